The molecule has 1 atom stereocenters. The molecule has 0 spiro atoms. The van der Waals surface area contributed by atoms with E-state index in [1.165, 1.54) is 19.3 Å². The third-order valence-corrected chi connectivity index (χ3v) is 2.44. The van der Waals surface area contributed by atoms with E-state index in [4.69, 9.17) is 0 Å². The van der Waals surface area contributed by atoms with E-state index in [9.17, 15) is 4.79 Å². The molecule has 0 amide bonds. The fraction of sp³-hybridized carbons (Fsp3) is 0.900. The van der Waals surface area contributed by atoms with Crippen LogP contribution in [0.1, 0.15) is 39.5 Å². The minimum Gasteiger partial charge on any atom is -0.305 e. The van der Waals surface area contributed by atoms with Crippen molar-refractivity contribution in [2.75, 3.05) is 0 Å². The van der Waals surface area contributed by atoms with Gasteiger partial charge in [0, 0.05) is 6.04 Å². The second-order valence-corrected chi connectivity index (χ2v) is 4.17. The summed E-state index contributed by atoms with van der Waals surface area (Å²) in [4.78, 5) is 10.7. The molecule has 0 heterocycles. The molecule has 0 aromatic carbocycles. The lowest BCUT2D eigenvalue weighted by Crippen LogP contribution is -2.43. The van der Waals surface area contributed by atoms with E-state index in [1.807, 2.05) is 0 Å². The number of hydrogen-bond donors (Lipinski definition) is 1. The molecule has 1 N–H and O–H groups in total. The van der Waals surface area contributed by atoms with E-state index in [0.717, 1.165) is 12.7 Å². The highest BCUT2D eigenvalue weighted by Crippen LogP contribution is 2.19. The molecule has 0 bridgehead atoms. The fourth-order valence-electron chi connectivity index (χ4n) is 1.55. The van der Waals surface area contributed by atoms with Crippen molar-refractivity contribution in [1.82, 2.24) is 5.32 Å². The van der Waals surface area contributed by atoms with Gasteiger partial charge in [-0.05, 0) is 25.2 Å². The molecule has 1 rings (SSSR count). The van der Waals surface area contributed by atoms with E-state index in [1.54, 1.807) is 0 Å². The summed E-state index contributed by atoms with van der Waals surface area (Å²) in [6, 6.07) is 0.717. The molecule has 0 radical (unpaired) electrons. The van der Waals surface area contributed by atoms with E-state index in [2.05, 4.69) is 19.2 Å². The lowest BCUT2D eigenvalue weighted by Gasteiger charge is -2.29. The Balaban J connectivity index is 2.19. The monoisotopic (exact) mass is 169 g/mol. The fourth-order valence-corrected chi connectivity index (χ4v) is 1.55. The SMILES string of the molecule is CC(C)C[C@@H](C=O)NC1CCC1. The number of carbonyl (C=O) groups excluding carboxylic acids is 1. The highest BCUT2D eigenvalue weighted by Gasteiger charge is 2.20. The molecular weight excluding hydrogens is 150 g/mol. The van der Waals surface area contributed by atoms with Gasteiger partial charge >= 0.3 is 0 Å². The quantitative estimate of drug-likeness (QED) is 0.635. The van der Waals surface area contributed by atoms with Crippen molar-refractivity contribution >= 4 is 6.29 Å². The van der Waals surface area contributed by atoms with Crippen LogP contribution in [-0.4, -0.2) is 18.4 Å². The Labute approximate surface area is 74.7 Å². The molecule has 1 aliphatic carbocycles. The maximum atomic E-state index is 10.7. The van der Waals surface area contributed by atoms with Gasteiger partial charge in [-0.2, -0.15) is 0 Å². The van der Waals surface area contributed by atoms with Gasteiger partial charge in [-0.25, -0.2) is 0 Å². The topological polar surface area (TPSA) is 29.1 Å². The van der Waals surface area contributed by atoms with E-state index in [-0.39, 0.29) is 6.04 Å². The van der Waals surface area contributed by atoms with Crippen molar-refractivity contribution in [3.8, 4) is 0 Å². The maximum absolute atomic E-state index is 10.7. The van der Waals surface area contributed by atoms with Gasteiger partial charge in [0.1, 0.15) is 6.29 Å². The first-order valence-electron chi connectivity index (χ1n) is 4.93. The van der Waals surface area contributed by atoms with Gasteiger partial charge in [0.2, 0.25) is 0 Å². The van der Waals surface area contributed by atoms with Crippen LogP contribution in [0.4, 0.5) is 0 Å². The smallest absolute Gasteiger partial charge is 0.136 e. The summed E-state index contributed by atoms with van der Waals surface area (Å²) in [5, 5.41) is 3.37. The predicted octanol–water partition coefficient (Wildman–Crippen LogP) is 1.74. The third kappa shape index (κ3) is 2.94. The van der Waals surface area contributed by atoms with Gasteiger partial charge in [0.15, 0.2) is 0 Å². The molecule has 1 aliphatic rings. The summed E-state index contributed by atoms with van der Waals surface area (Å²) in [5.74, 6) is 0.604. The molecule has 1 fully saturated rings. The first kappa shape index (κ1) is 9.72. The van der Waals surface area contributed by atoms with Gasteiger partial charge in [0.25, 0.3) is 0 Å². The Morgan fingerprint density at radius 2 is 2.17 bits per heavy atom. The van der Waals surface area contributed by atoms with Crippen LogP contribution in [0.25, 0.3) is 0 Å². The molecule has 2 nitrogen and oxygen atoms in total. The van der Waals surface area contributed by atoms with E-state index < -0.39 is 0 Å². The molecule has 1 saturated carbocycles. The van der Waals surface area contributed by atoms with Gasteiger partial charge in [0.05, 0.1) is 6.04 Å². The lowest BCUT2D eigenvalue weighted by molar-refractivity contribution is -0.110. The van der Waals surface area contributed by atoms with E-state index >= 15 is 0 Å². The summed E-state index contributed by atoms with van der Waals surface area (Å²) >= 11 is 0. The van der Waals surface area contributed by atoms with E-state index in [0.29, 0.717) is 12.0 Å². The second kappa shape index (κ2) is 4.61. The summed E-state index contributed by atoms with van der Waals surface area (Å²) in [7, 11) is 0. The van der Waals surface area contributed by atoms with Gasteiger partial charge < -0.3 is 10.1 Å². The molecule has 0 aromatic heterocycles. The Bertz CT molecular complexity index is 141. The van der Waals surface area contributed by atoms with Gasteiger partial charge in [-0.15, -0.1) is 0 Å². The highest BCUT2D eigenvalue weighted by atomic mass is 16.1. The number of carbonyl (C=O) groups is 1. The third-order valence-electron chi connectivity index (χ3n) is 2.44. The van der Waals surface area contributed by atoms with Crippen LogP contribution in [0, 0.1) is 5.92 Å². The van der Waals surface area contributed by atoms with Crippen LogP contribution in [-0.2, 0) is 4.79 Å². The number of hydrogen-bond acceptors (Lipinski definition) is 2. The Hall–Kier alpha value is -0.370. The van der Waals surface area contributed by atoms with Crippen molar-refractivity contribution < 1.29 is 4.79 Å². The lowest BCUT2D eigenvalue weighted by atomic mass is 9.91. The zero-order valence-corrected chi connectivity index (χ0v) is 8.05. The van der Waals surface area contributed by atoms with Crippen LogP contribution in [0.2, 0.25) is 0 Å². The molecule has 70 valence electrons. The minimum absolute atomic E-state index is 0.0929. The molecule has 0 saturated heterocycles. The molecule has 0 aliphatic heterocycles. The Morgan fingerprint density at radius 3 is 2.50 bits per heavy atom. The summed E-state index contributed by atoms with van der Waals surface area (Å²) < 4.78 is 0. The van der Waals surface area contributed by atoms with Crippen LogP contribution in [0.15, 0.2) is 0 Å². The molecule has 12 heavy (non-hydrogen) atoms. The molecule has 0 aromatic rings. The first-order chi connectivity index (χ1) is 5.72. The van der Waals surface area contributed by atoms with Gasteiger partial charge in [-0.1, -0.05) is 20.3 Å². The molecular formula is C10H19NO. The number of aldehydes is 1. The van der Waals surface area contributed by atoms with Crippen molar-refractivity contribution in [3.63, 3.8) is 0 Å². The zero-order valence-electron chi connectivity index (χ0n) is 8.05. The summed E-state index contributed by atoms with van der Waals surface area (Å²) in [6.07, 6.45) is 5.86. The van der Waals surface area contributed by atoms with Gasteiger partial charge in [-0.3, -0.25) is 0 Å². The van der Waals surface area contributed by atoms with Crippen molar-refractivity contribution in [1.29, 1.82) is 0 Å². The van der Waals surface area contributed by atoms with Crippen molar-refractivity contribution in [2.24, 2.45) is 5.92 Å². The van der Waals surface area contributed by atoms with Crippen LogP contribution >= 0.6 is 0 Å². The Morgan fingerprint density at radius 1 is 1.50 bits per heavy atom. The van der Waals surface area contributed by atoms with Crippen molar-refractivity contribution in [2.45, 2.75) is 51.6 Å². The average Bonchev–Trinajstić information content (AvgIpc) is 1.93. The zero-order chi connectivity index (χ0) is 8.97. The number of rotatable bonds is 5. The first-order valence-corrected chi connectivity index (χ1v) is 4.93. The second-order valence-electron chi connectivity index (χ2n) is 4.17. The summed E-state index contributed by atoms with van der Waals surface area (Å²) in [5.41, 5.74) is 0. The standard InChI is InChI=1S/C10H19NO/c1-8(2)6-10(7-12)11-9-4-3-5-9/h7-11H,3-6H2,1-2H3/t10-/m0/s1. The van der Waals surface area contributed by atoms with Crippen LogP contribution < -0.4 is 5.32 Å². The largest absolute Gasteiger partial charge is 0.305 e. The van der Waals surface area contributed by atoms with Crippen LogP contribution in [0.3, 0.4) is 0 Å². The average molecular weight is 169 g/mol. The summed E-state index contributed by atoms with van der Waals surface area (Å²) in [6.45, 7) is 4.30. The normalized spacial score (nSPS) is 20.6. The Kier molecular flexibility index (Phi) is 3.73. The van der Waals surface area contributed by atoms with Crippen molar-refractivity contribution in [3.05, 3.63) is 0 Å². The predicted molar refractivity (Wildman–Crippen MR) is 50.1 cm³/mol. The molecule has 0 unspecified atom stereocenters. The minimum atomic E-state index is 0.0929. The number of nitrogens with one attached hydrogen (secondary N) is 1. The maximum Gasteiger partial charge on any atom is 0.136 e. The molecule has 2 heteroatoms. The van der Waals surface area contributed by atoms with Crippen LogP contribution in [0.5, 0.6) is 0 Å². The highest BCUT2D eigenvalue weighted by molar-refractivity contribution is 5.57.